The van der Waals surface area contributed by atoms with Crippen molar-refractivity contribution in [1.29, 1.82) is 0 Å². The smallest absolute Gasteiger partial charge is 0.335 e. The van der Waals surface area contributed by atoms with Crippen molar-refractivity contribution >= 4 is 28.4 Å². The highest BCUT2D eigenvalue weighted by Crippen LogP contribution is 2.18. The van der Waals surface area contributed by atoms with Gasteiger partial charge in [-0.25, -0.2) is 13.2 Å². The van der Waals surface area contributed by atoms with Crippen LogP contribution in [0.1, 0.15) is 10.4 Å². The summed E-state index contributed by atoms with van der Waals surface area (Å²) in [7, 11) is -1.93. The topological polar surface area (TPSA) is 87.2 Å². The monoisotopic (exact) mass is 364 g/mol. The minimum absolute atomic E-state index is 0. The van der Waals surface area contributed by atoms with Gasteiger partial charge < -0.3 is 9.84 Å². The predicted octanol–water partition coefficient (Wildman–Crippen LogP) is 0.759. The molecule has 7 nitrogen and oxygen atoms in total. The number of aromatic carboxylic acids is 1. The Bertz CT molecular complexity index is 613. The molecule has 0 aromatic heterocycles. The van der Waals surface area contributed by atoms with Gasteiger partial charge in [-0.1, -0.05) is 0 Å². The fourth-order valence-electron chi connectivity index (χ4n) is 2.33. The first-order valence-electron chi connectivity index (χ1n) is 7.00. The fourth-order valence-corrected chi connectivity index (χ4v) is 3.75. The molecule has 1 aromatic rings. The van der Waals surface area contributed by atoms with Gasteiger partial charge in [-0.15, -0.1) is 12.4 Å². The number of rotatable bonds is 6. The molecule has 0 atom stereocenters. The van der Waals surface area contributed by atoms with Gasteiger partial charge >= 0.3 is 5.97 Å². The van der Waals surface area contributed by atoms with Crippen LogP contribution in [0.2, 0.25) is 0 Å². The fraction of sp³-hybridized carbons (Fsp3) is 0.500. The zero-order chi connectivity index (χ0) is 16.2. The minimum atomic E-state index is -3.57. The Hall–Kier alpha value is -1.19. The number of carboxylic acid groups (broad SMARTS) is 1. The Morgan fingerprint density at radius 2 is 1.74 bits per heavy atom. The van der Waals surface area contributed by atoms with Crippen molar-refractivity contribution in [2.24, 2.45) is 0 Å². The van der Waals surface area contributed by atoms with Crippen LogP contribution in [0.3, 0.4) is 0 Å². The lowest BCUT2D eigenvalue weighted by molar-refractivity contribution is 0.0696. The van der Waals surface area contributed by atoms with Crippen molar-refractivity contribution in [2.75, 3.05) is 46.4 Å². The van der Waals surface area contributed by atoms with Crippen LogP contribution < -0.4 is 0 Å². The van der Waals surface area contributed by atoms with Crippen molar-refractivity contribution in [2.45, 2.75) is 4.90 Å². The summed E-state index contributed by atoms with van der Waals surface area (Å²) < 4.78 is 31.5. The van der Waals surface area contributed by atoms with Gasteiger partial charge in [-0.3, -0.25) is 4.90 Å². The maximum Gasteiger partial charge on any atom is 0.335 e. The average Bonchev–Trinajstić information content (AvgIpc) is 2.53. The van der Waals surface area contributed by atoms with E-state index in [-0.39, 0.29) is 22.9 Å². The van der Waals surface area contributed by atoms with E-state index in [0.29, 0.717) is 32.8 Å². The molecule has 0 saturated carbocycles. The third-order valence-electron chi connectivity index (χ3n) is 3.68. The molecule has 1 aromatic carbocycles. The molecule has 0 aliphatic carbocycles. The molecule has 0 unspecified atom stereocenters. The number of methoxy groups -OCH3 is 1. The first-order valence-corrected chi connectivity index (χ1v) is 8.44. The maximum atomic E-state index is 12.5. The molecule has 0 bridgehead atoms. The van der Waals surface area contributed by atoms with Crippen LogP contribution in [0, 0.1) is 0 Å². The number of ether oxygens (including phenoxy) is 1. The summed E-state index contributed by atoms with van der Waals surface area (Å²) in [6.07, 6.45) is 0. The number of benzene rings is 1. The quantitative estimate of drug-likeness (QED) is 0.801. The first-order chi connectivity index (χ1) is 10.4. The van der Waals surface area contributed by atoms with Crippen LogP contribution >= 0.6 is 12.4 Å². The van der Waals surface area contributed by atoms with Crippen LogP contribution in [-0.4, -0.2) is 75.1 Å². The lowest BCUT2D eigenvalue weighted by Crippen LogP contribution is -2.49. The molecule has 9 heteroatoms. The summed E-state index contributed by atoms with van der Waals surface area (Å²) >= 11 is 0. The van der Waals surface area contributed by atoms with Crippen molar-refractivity contribution < 1.29 is 23.1 Å². The molecular formula is C14H21ClN2O5S. The number of carbonyl (C=O) groups is 1. The number of hydrogen-bond donors (Lipinski definition) is 1. The predicted molar refractivity (Wildman–Crippen MR) is 87.7 cm³/mol. The van der Waals surface area contributed by atoms with E-state index in [0.717, 1.165) is 6.54 Å². The van der Waals surface area contributed by atoms with E-state index >= 15 is 0 Å². The van der Waals surface area contributed by atoms with Crippen molar-refractivity contribution in [1.82, 2.24) is 9.21 Å². The molecule has 1 N–H and O–H groups in total. The second-order valence-electron chi connectivity index (χ2n) is 5.07. The van der Waals surface area contributed by atoms with Crippen LogP contribution in [0.4, 0.5) is 0 Å². The van der Waals surface area contributed by atoms with Crippen LogP contribution in [-0.2, 0) is 14.8 Å². The van der Waals surface area contributed by atoms with Gasteiger partial charge in [0.05, 0.1) is 17.1 Å². The number of sulfonamides is 1. The maximum absolute atomic E-state index is 12.5. The normalized spacial score (nSPS) is 16.7. The molecule has 0 spiro atoms. The van der Waals surface area contributed by atoms with Crippen molar-refractivity contribution in [3.8, 4) is 0 Å². The second kappa shape index (κ2) is 8.60. The Labute approximate surface area is 142 Å². The number of hydrogen-bond acceptors (Lipinski definition) is 5. The standard InChI is InChI=1S/C14H20N2O5S.ClH/c1-21-11-10-15-6-8-16(9-7-15)22(19,20)13-4-2-12(3-5-13)14(17)18;/h2-5H,6-11H2,1H3,(H,17,18);1H. The van der Waals surface area contributed by atoms with Gasteiger partial charge in [0, 0.05) is 39.8 Å². The van der Waals surface area contributed by atoms with E-state index in [2.05, 4.69) is 4.90 Å². The third kappa shape index (κ3) is 4.89. The highest BCUT2D eigenvalue weighted by atomic mass is 35.5. The highest BCUT2D eigenvalue weighted by molar-refractivity contribution is 7.89. The Morgan fingerprint density at radius 3 is 2.22 bits per heavy atom. The van der Waals surface area contributed by atoms with E-state index in [4.69, 9.17) is 9.84 Å². The summed E-state index contributed by atoms with van der Waals surface area (Å²) in [5.41, 5.74) is 0.0725. The summed E-state index contributed by atoms with van der Waals surface area (Å²) in [5, 5.41) is 8.85. The van der Waals surface area contributed by atoms with Gasteiger partial charge in [-0.05, 0) is 24.3 Å². The van der Waals surface area contributed by atoms with Gasteiger partial charge in [0.1, 0.15) is 0 Å². The van der Waals surface area contributed by atoms with Crippen LogP contribution in [0.5, 0.6) is 0 Å². The molecule has 130 valence electrons. The van der Waals surface area contributed by atoms with Gasteiger partial charge in [0.15, 0.2) is 0 Å². The molecule has 23 heavy (non-hydrogen) atoms. The summed E-state index contributed by atoms with van der Waals surface area (Å²) in [6, 6.07) is 5.31. The molecule has 1 fully saturated rings. The number of halogens is 1. The van der Waals surface area contributed by atoms with Gasteiger partial charge in [-0.2, -0.15) is 4.31 Å². The second-order valence-corrected chi connectivity index (χ2v) is 7.01. The van der Waals surface area contributed by atoms with Crippen molar-refractivity contribution in [3.63, 3.8) is 0 Å². The summed E-state index contributed by atoms with van der Waals surface area (Å²) in [6.45, 7) is 3.59. The molecule has 0 amide bonds. The van der Waals surface area contributed by atoms with E-state index in [9.17, 15) is 13.2 Å². The molecular weight excluding hydrogens is 344 g/mol. The third-order valence-corrected chi connectivity index (χ3v) is 5.59. The Balaban J connectivity index is 0.00000264. The largest absolute Gasteiger partial charge is 0.478 e. The minimum Gasteiger partial charge on any atom is -0.478 e. The van der Waals surface area contributed by atoms with E-state index in [1.165, 1.54) is 28.6 Å². The Kier molecular flexibility index (Phi) is 7.43. The Morgan fingerprint density at radius 1 is 1.17 bits per heavy atom. The highest BCUT2D eigenvalue weighted by Gasteiger charge is 2.28. The SMILES string of the molecule is COCCN1CCN(S(=O)(=O)c2ccc(C(=O)O)cc2)CC1.Cl. The van der Waals surface area contributed by atoms with E-state index in [1.54, 1.807) is 7.11 Å². The van der Waals surface area contributed by atoms with E-state index in [1.807, 2.05) is 0 Å². The molecule has 1 heterocycles. The van der Waals surface area contributed by atoms with Crippen LogP contribution in [0.15, 0.2) is 29.2 Å². The molecule has 0 radical (unpaired) electrons. The number of piperazine rings is 1. The molecule has 1 aliphatic rings. The molecule has 1 saturated heterocycles. The number of nitrogens with zero attached hydrogens (tertiary/aromatic N) is 2. The van der Waals surface area contributed by atoms with Crippen LogP contribution in [0.25, 0.3) is 0 Å². The van der Waals surface area contributed by atoms with Gasteiger partial charge in [0.2, 0.25) is 10.0 Å². The summed E-state index contributed by atoms with van der Waals surface area (Å²) in [5.74, 6) is -1.07. The zero-order valence-corrected chi connectivity index (χ0v) is 14.5. The first kappa shape index (κ1) is 19.9. The zero-order valence-electron chi connectivity index (χ0n) is 12.8. The average molecular weight is 365 g/mol. The van der Waals surface area contributed by atoms with E-state index < -0.39 is 16.0 Å². The van der Waals surface area contributed by atoms with Crippen molar-refractivity contribution in [3.05, 3.63) is 29.8 Å². The molecule has 1 aliphatic heterocycles. The number of carboxylic acids is 1. The van der Waals surface area contributed by atoms with Gasteiger partial charge in [0.25, 0.3) is 0 Å². The lowest BCUT2D eigenvalue weighted by Gasteiger charge is -2.33. The summed E-state index contributed by atoms with van der Waals surface area (Å²) in [4.78, 5) is 13.1. The lowest BCUT2D eigenvalue weighted by atomic mass is 10.2. The molecule has 2 rings (SSSR count).